The van der Waals surface area contributed by atoms with Crippen molar-refractivity contribution in [1.82, 2.24) is 9.78 Å². The van der Waals surface area contributed by atoms with E-state index in [1.807, 2.05) is 74.5 Å². The largest absolute Gasteiger partial charge is 0.321 e. The number of fused-ring (bicyclic) bond motifs is 1. The molecule has 0 aliphatic heterocycles. The molecule has 0 aliphatic rings. The lowest BCUT2D eigenvalue weighted by atomic mass is 10.1. The highest BCUT2D eigenvalue weighted by Crippen LogP contribution is 2.22. The molecule has 3 aromatic carbocycles. The van der Waals surface area contributed by atoms with Crippen LogP contribution in [-0.2, 0) is 6.54 Å². The van der Waals surface area contributed by atoms with E-state index in [-0.39, 0.29) is 23.1 Å². The van der Waals surface area contributed by atoms with Crippen LogP contribution in [-0.4, -0.2) is 15.7 Å². The highest BCUT2D eigenvalue weighted by Gasteiger charge is 2.17. The van der Waals surface area contributed by atoms with E-state index in [0.717, 1.165) is 11.1 Å². The molecule has 30 heavy (non-hydrogen) atoms. The van der Waals surface area contributed by atoms with Gasteiger partial charge in [-0.15, -0.1) is 0 Å². The Labute approximate surface area is 175 Å². The predicted molar refractivity (Wildman–Crippen MR) is 121 cm³/mol. The number of nitrogens with zero attached hydrogens (tertiary/aromatic N) is 2. The Balaban J connectivity index is 1.66. The van der Waals surface area contributed by atoms with E-state index < -0.39 is 0 Å². The molecular formula is C25H23N3O2. The number of benzene rings is 3. The number of hydrogen-bond donors (Lipinski definition) is 1. The molecule has 0 fully saturated rings. The first-order chi connectivity index (χ1) is 14.5. The molecule has 1 amide bonds. The summed E-state index contributed by atoms with van der Waals surface area (Å²) >= 11 is 0. The fourth-order valence-electron chi connectivity index (χ4n) is 3.44. The molecule has 1 N–H and O–H groups in total. The monoisotopic (exact) mass is 397 g/mol. The number of rotatable bonds is 5. The van der Waals surface area contributed by atoms with Crippen molar-refractivity contribution in [3.8, 4) is 11.1 Å². The number of aromatic nitrogens is 2. The zero-order valence-corrected chi connectivity index (χ0v) is 17.0. The second-order valence-corrected chi connectivity index (χ2v) is 7.67. The van der Waals surface area contributed by atoms with Crippen LogP contribution >= 0.6 is 0 Å². The second-order valence-electron chi connectivity index (χ2n) is 7.67. The Morgan fingerprint density at radius 3 is 2.13 bits per heavy atom. The lowest BCUT2D eigenvalue weighted by Gasteiger charge is -2.13. The van der Waals surface area contributed by atoms with Crippen LogP contribution in [0.1, 0.15) is 24.3 Å². The summed E-state index contributed by atoms with van der Waals surface area (Å²) in [6.45, 7) is 4.48. The third-order valence-corrected chi connectivity index (χ3v) is 4.87. The first-order valence-electron chi connectivity index (χ1n) is 9.99. The van der Waals surface area contributed by atoms with Crippen molar-refractivity contribution in [3.05, 3.63) is 94.9 Å². The smallest absolute Gasteiger partial charge is 0.276 e. The molecule has 1 heterocycles. The summed E-state index contributed by atoms with van der Waals surface area (Å²) in [7, 11) is 0. The van der Waals surface area contributed by atoms with E-state index in [4.69, 9.17) is 0 Å². The average molecular weight is 397 g/mol. The molecule has 0 atom stereocenters. The van der Waals surface area contributed by atoms with Crippen molar-refractivity contribution < 1.29 is 4.79 Å². The SMILES string of the molecule is CC(C)Cn1nc(C(=O)Nc2ccc(-c3ccccc3)cc2)c2ccccc2c1=O. The maximum Gasteiger partial charge on any atom is 0.276 e. The molecule has 0 aliphatic carbocycles. The van der Waals surface area contributed by atoms with E-state index in [0.29, 0.717) is 23.0 Å². The number of nitrogens with one attached hydrogen (secondary N) is 1. The van der Waals surface area contributed by atoms with Gasteiger partial charge in [0, 0.05) is 17.6 Å². The molecule has 5 nitrogen and oxygen atoms in total. The van der Waals surface area contributed by atoms with Crippen LogP contribution in [0, 0.1) is 5.92 Å². The van der Waals surface area contributed by atoms with Crippen LogP contribution in [0.3, 0.4) is 0 Å². The molecule has 0 unspecified atom stereocenters. The first-order valence-corrected chi connectivity index (χ1v) is 9.99. The van der Waals surface area contributed by atoms with Crippen LogP contribution in [0.25, 0.3) is 21.9 Å². The van der Waals surface area contributed by atoms with Gasteiger partial charge >= 0.3 is 0 Å². The highest BCUT2D eigenvalue weighted by atomic mass is 16.2. The van der Waals surface area contributed by atoms with Gasteiger partial charge in [-0.3, -0.25) is 9.59 Å². The molecule has 1 aromatic heterocycles. The maximum absolute atomic E-state index is 13.0. The Hall–Kier alpha value is -3.73. The van der Waals surface area contributed by atoms with Gasteiger partial charge in [0.15, 0.2) is 5.69 Å². The normalized spacial score (nSPS) is 11.0. The molecule has 5 heteroatoms. The van der Waals surface area contributed by atoms with E-state index in [1.54, 1.807) is 18.2 Å². The number of carbonyl (C=O) groups excluding carboxylic acids is 1. The minimum Gasteiger partial charge on any atom is -0.321 e. The van der Waals surface area contributed by atoms with Crippen molar-refractivity contribution in [2.45, 2.75) is 20.4 Å². The van der Waals surface area contributed by atoms with Gasteiger partial charge in [-0.25, -0.2) is 4.68 Å². The number of anilines is 1. The Bertz CT molecular complexity index is 1240. The number of hydrogen-bond acceptors (Lipinski definition) is 3. The van der Waals surface area contributed by atoms with Crippen LogP contribution in [0.15, 0.2) is 83.7 Å². The van der Waals surface area contributed by atoms with Gasteiger partial charge in [0.2, 0.25) is 0 Å². The molecular weight excluding hydrogens is 374 g/mol. The van der Waals surface area contributed by atoms with Gasteiger partial charge in [-0.05, 0) is 35.2 Å². The average Bonchev–Trinajstić information content (AvgIpc) is 2.76. The van der Waals surface area contributed by atoms with Gasteiger partial charge in [-0.2, -0.15) is 5.10 Å². The van der Waals surface area contributed by atoms with Crippen molar-refractivity contribution in [1.29, 1.82) is 0 Å². The molecule has 0 spiro atoms. The molecule has 0 radical (unpaired) electrons. The van der Waals surface area contributed by atoms with Crippen molar-refractivity contribution in [2.24, 2.45) is 5.92 Å². The zero-order valence-electron chi connectivity index (χ0n) is 17.0. The Kier molecular flexibility index (Phi) is 5.44. The summed E-state index contributed by atoms with van der Waals surface area (Å²) in [5, 5.41) is 8.36. The van der Waals surface area contributed by atoms with Gasteiger partial charge in [0.1, 0.15) is 0 Å². The summed E-state index contributed by atoms with van der Waals surface area (Å²) < 4.78 is 1.39. The Morgan fingerprint density at radius 2 is 1.47 bits per heavy atom. The van der Waals surface area contributed by atoms with E-state index in [2.05, 4.69) is 10.4 Å². The van der Waals surface area contributed by atoms with Crippen LogP contribution in [0.5, 0.6) is 0 Å². The third-order valence-electron chi connectivity index (χ3n) is 4.87. The number of carbonyl (C=O) groups is 1. The first kappa shape index (κ1) is 19.6. The van der Waals surface area contributed by atoms with Crippen LogP contribution in [0.2, 0.25) is 0 Å². The topological polar surface area (TPSA) is 64.0 Å². The highest BCUT2D eigenvalue weighted by molar-refractivity contribution is 6.11. The maximum atomic E-state index is 13.0. The minimum atomic E-state index is -0.337. The summed E-state index contributed by atoms with van der Waals surface area (Å²) in [5.74, 6) is -0.103. The second kappa shape index (κ2) is 8.33. The van der Waals surface area contributed by atoms with Gasteiger partial charge in [0.25, 0.3) is 11.5 Å². The summed E-state index contributed by atoms with van der Waals surface area (Å²) in [4.78, 5) is 25.8. The van der Waals surface area contributed by atoms with Gasteiger partial charge < -0.3 is 5.32 Å². The Morgan fingerprint density at radius 1 is 0.867 bits per heavy atom. The molecule has 0 saturated heterocycles. The van der Waals surface area contributed by atoms with Crippen molar-refractivity contribution >= 4 is 22.4 Å². The fourth-order valence-corrected chi connectivity index (χ4v) is 3.44. The number of amides is 1. The summed E-state index contributed by atoms with van der Waals surface area (Å²) in [5.41, 5.74) is 2.93. The predicted octanol–water partition coefficient (Wildman–Crippen LogP) is 4.97. The zero-order chi connectivity index (χ0) is 21.1. The van der Waals surface area contributed by atoms with Gasteiger partial charge in [0.05, 0.1) is 5.39 Å². The minimum absolute atomic E-state index is 0.178. The lowest BCUT2D eigenvalue weighted by Crippen LogP contribution is -2.29. The van der Waals surface area contributed by atoms with Gasteiger partial charge in [-0.1, -0.05) is 74.5 Å². The van der Waals surface area contributed by atoms with E-state index in [9.17, 15) is 9.59 Å². The van der Waals surface area contributed by atoms with E-state index >= 15 is 0 Å². The van der Waals surface area contributed by atoms with E-state index in [1.165, 1.54) is 4.68 Å². The third kappa shape index (κ3) is 4.01. The van der Waals surface area contributed by atoms with Crippen LogP contribution < -0.4 is 10.9 Å². The molecule has 0 bridgehead atoms. The van der Waals surface area contributed by atoms with Crippen molar-refractivity contribution in [3.63, 3.8) is 0 Å². The summed E-state index contributed by atoms with van der Waals surface area (Å²) in [6, 6.07) is 24.8. The lowest BCUT2D eigenvalue weighted by molar-refractivity contribution is 0.102. The fraction of sp³-hybridized carbons (Fsp3) is 0.160. The standard InChI is InChI=1S/C25H23N3O2/c1-17(2)16-28-25(30)22-11-7-6-10-21(22)23(27-28)24(29)26-20-14-12-19(13-15-20)18-8-4-3-5-9-18/h3-15,17H,16H2,1-2H3,(H,26,29). The van der Waals surface area contributed by atoms with Crippen LogP contribution in [0.4, 0.5) is 5.69 Å². The quantitative estimate of drug-likeness (QED) is 0.517. The van der Waals surface area contributed by atoms with Crippen molar-refractivity contribution in [2.75, 3.05) is 5.32 Å². The molecule has 150 valence electrons. The molecule has 4 aromatic rings. The molecule has 0 saturated carbocycles. The molecule has 4 rings (SSSR count). The summed E-state index contributed by atoms with van der Waals surface area (Å²) in [6.07, 6.45) is 0.